The lowest BCUT2D eigenvalue weighted by molar-refractivity contribution is 0.0945. The number of aromatic nitrogens is 5. The maximum atomic E-state index is 13.0. The zero-order chi connectivity index (χ0) is 24.9. The van der Waals surface area contributed by atoms with E-state index in [2.05, 4.69) is 58.9 Å². The number of anilines is 1. The number of ether oxygens (including phenoxy) is 1. The number of nitrogen functional groups attached to an aromatic ring is 1. The number of likely N-dealkylation sites (tertiary alicyclic amines) is 1. The maximum Gasteiger partial charge on any atom is 0.293 e. The fourth-order valence-corrected chi connectivity index (χ4v) is 4.32. The second-order valence-electron chi connectivity index (χ2n) is 8.07. The van der Waals surface area contributed by atoms with Gasteiger partial charge in [0.25, 0.3) is 5.91 Å². The second kappa shape index (κ2) is 10.8. The van der Waals surface area contributed by atoms with Crippen LogP contribution in [0.25, 0.3) is 5.82 Å². The van der Waals surface area contributed by atoms with E-state index >= 15 is 0 Å². The number of amides is 1. The Balaban J connectivity index is 1.57. The number of nitrogens with one attached hydrogen (secondary N) is 1. The van der Waals surface area contributed by atoms with Crippen molar-refractivity contribution >= 4 is 33.9 Å². The van der Waals surface area contributed by atoms with Crippen LogP contribution in [0.1, 0.15) is 54.9 Å². The summed E-state index contributed by atoms with van der Waals surface area (Å²) in [4.78, 5) is 15.3. The SMILES string of the molecule is CCOc1cc(/C=N/NC(=O)c2nnn(-c3nonc3N)c2CN2CCCCC2C)cc(Br)c1O. The molecule has 3 heterocycles. The standard InChI is InChI=1S/C21H26BrN9O4/c1-3-34-16-9-13(8-14(22)18(16)32)10-24-26-21(33)17-15(11-30-7-5-4-6-12(30)2)31(29-25-17)20-19(23)27-35-28-20/h8-10,12,32H,3-7,11H2,1-2H3,(H2,23,27)(H,26,33)/b24-10+. The van der Waals surface area contributed by atoms with Gasteiger partial charge in [-0.15, -0.1) is 5.10 Å². The molecule has 0 bridgehead atoms. The van der Waals surface area contributed by atoms with Gasteiger partial charge in [0.15, 0.2) is 17.2 Å². The molecule has 4 rings (SSSR count). The van der Waals surface area contributed by atoms with E-state index in [0.717, 1.165) is 25.8 Å². The quantitative estimate of drug-likeness (QED) is 0.280. The minimum atomic E-state index is -0.551. The number of carbonyl (C=O) groups excluding carboxylic acids is 1. The Morgan fingerprint density at radius 2 is 2.26 bits per heavy atom. The summed E-state index contributed by atoms with van der Waals surface area (Å²) in [6.07, 6.45) is 4.72. The molecule has 1 unspecified atom stereocenters. The Bertz CT molecular complexity index is 1230. The van der Waals surface area contributed by atoms with Crippen molar-refractivity contribution in [1.29, 1.82) is 0 Å². The highest BCUT2D eigenvalue weighted by atomic mass is 79.9. The average molecular weight is 548 g/mol. The van der Waals surface area contributed by atoms with E-state index in [4.69, 9.17) is 15.1 Å². The van der Waals surface area contributed by atoms with E-state index in [1.54, 1.807) is 12.1 Å². The first kappa shape index (κ1) is 24.6. The highest BCUT2D eigenvalue weighted by molar-refractivity contribution is 9.10. The van der Waals surface area contributed by atoms with Crippen LogP contribution in [-0.2, 0) is 6.54 Å². The number of hydrazone groups is 1. The van der Waals surface area contributed by atoms with Crippen LogP contribution in [0.4, 0.5) is 5.82 Å². The molecule has 14 heteroatoms. The number of hydrogen-bond donors (Lipinski definition) is 3. The zero-order valence-electron chi connectivity index (χ0n) is 19.3. The molecule has 1 aromatic carbocycles. The molecule has 1 atom stereocenters. The third kappa shape index (κ3) is 5.43. The van der Waals surface area contributed by atoms with E-state index in [1.807, 2.05) is 6.92 Å². The van der Waals surface area contributed by atoms with Crippen molar-refractivity contribution in [1.82, 2.24) is 35.6 Å². The first-order valence-electron chi connectivity index (χ1n) is 11.1. The van der Waals surface area contributed by atoms with Gasteiger partial charge in [-0.25, -0.2) is 10.1 Å². The minimum Gasteiger partial charge on any atom is -0.503 e. The molecule has 1 aliphatic rings. The summed E-state index contributed by atoms with van der Waals surface area (Å²) in [5.74, 6) is -0.0600. The molecular formula is C21H26BrN9O4. The molecule has 4 N–H and O–H groups in total. The molecule has 2 aromatic heterocycles. The van der Waals surface area contributed by atoms with Gasteiger partial charge in [0, 0.05) is 12.6 Å². The molecule has 0 aliphatic carbocycles. The van der Waals surface area contributed by atoms with E-state index in [9.17, 15) is 9.90 Å². The molecule has 3 aromatic rings. The lowest BCUT2D eigenvalue weighted by Crippen LogP contribution is -2.38. The third-order valence-corrected chi connectivity index (χ3v) is 6.30. The van der Waals surface area contributed by atoms with Crippen molar-refractivity contribution in [3.05, 3.63) is 33.6 Å². The van der Waals surface area contributed by atoms with Crippen LogP contribution in [-0.4, -0.2) is 66.6 Å². The molecule has 0 saturated carbocycles. The number of piperidine rings is 1. The predicted molar refractivity (Wildman–Crippen MR) is 129 cm³/mol. The molecule has 1 fully saturated rings. The van der Waals surface area contributed by atoms with Gasteiger partial charge in [-0.2, -0.15) is 9.78 Å². The summed E-state index contributed by atoms with van der Waals surface area (Å²) in [5, 5.41) is 29.7. The van der Waals surface area contributed by atoms with Gasteiger partial charge in [-0.1, -0.05) is 11.6 Å². The molecule has 13 nitrogen and oxygen atoms in total. The van der Waals surface area contributed by atoms with Crippen LogP contribution in [0.15, 0.2) is 26.3 Å². The highest BCUT2D eigenvalue weighted by Gasteiger charge is 2.28. The van der Waals surface area contributed by atoms with E-state index in [-0.39, 0.29) is 23.1 Å². The fraction of sp³-hybridized carbons (Fsp3) is 0.429. The lowest BCUT2D eigenvalue weighted by Gasteiger charge is -2.33. The van der Waals surface area contributed by atoms with Crippen LogP contribution >= 0.6 is 15.9 Å². The monoisotopic (exact) mass is 547 g/mol. The Kier molecular flexibility index (Phi) is 7.60. The summed E-state index contributed by atoms with van der Waals surface area (Å²) >= 11 is 3.28. The number of hydrogen-bond acceptors (Lipinski definition) is 11. The normalized spacial score (nSPS) is 16.6. The van der Waals surface area contributed by atoms with Crippen molar-refractivity contribution in [2.24, 2.45) is 5.10 Å². The van der Waals surface area contributed by atoms with Crippen LogP contribution in [0, 0.1) is 0 Å². The predicted octanol–water partition coefficient (Wildman–Crippen LogP) is 2.24. The molecule has 1 saturated heterocycles. The zero-order valence-corrected chi connectivity index (χ0v) is 20.9. The maximum absolute atomic E-state index is 13.0. The van der Waals surface area contributed by atoms with Crippen LogP contribution in [0.3, 0.4) is 0 Å². The van der Waals surface area contributed by atoms with Gasteiger partial charge in [-0.05, 0) is 77.2 Å². The topological polar surface area (TPSA) is 170 Å². The van der Waals surface area contributed by atoms with Gasteiger partial charge < -0.3 is 15.6 Å². The number of carbonyl (C=O) groups is 1. The van der Waals surface area contributed by atoms with E-state index in [1.165, 1.54) is 10.9 Å². The molecule has 0 spiro atoms. The van der Waals surface area contributed by atoms with E-state index < -0.39 is 5.91 Å². The number of phenolic OH excluding ortho intramolecular Hbond substituents is 1. The largest absolute Gasteiger partial charge is 0.503 e. The van der Waals surface area contributed by atoms with Crippen molar-refractivity contribution < 1.29 is 19.3 Å². The molecule has 1 aliphatic heterocycles. The first-order valence-corrected chi connectivity index (χ1v) is 11.9. The minimum absolute atomic E-state index is 0.0112. The molecule has 186 valence electrons. The lowest BCUT2D eigenvalue weighted by atomic mass is 10.0. The summed E-state index contributed by atoms with van der Waals surface area (Å²) < 4.78 is 11.9. The fourth-order valence-electron chi connectivity index (χ4n) is 3.86. The molecular weight excluding hydrogens is 522 g/mol. The Morgan fingerprint density at radius 1 is 1.43 bits per heavy atom. The number of nitrogens with zero attached hydrogens (tertiary/aromatic N) is 7. The van der Waals surface area contributed by atoms with Crippen LogP contribution in [0.2, 0.25) is 0 Å². The average Bonchev–Trinajstić information content (AvgIpc) is 3.44. The van der Waals surface area contributed by atoms with Gasteiger partial charge >= 0.3 is 0 Å². The van der Waals surface area contributed by atoms with E-state index in [0.29, 0.717) is 40.7 Å². The summed E-state index contributed by atoms with van der Waals surface area (Å²) in [5.41, 5.74) is 9.53. The van der Waals surface area contributed by atoms with Crippen molar-refractivity contribution in [2.75, 3.05) is 18.9 Å². The van der Waals surface area contributed by atoms with Crippen molar-refractivity contribution in [3.63, 3.8) is 0 Å². The van der Waals surface area contributed by atoms with Crippen LogP contribution in [0.5, 0.6) is 11.5 Å². The highest BCUT2D eigenvalue weighted by Crippen LogP contribution is 2.35. The number of aromatic hydroxyl groups is 1. The Morgan fingerprint density at radius 3 is 2.97 bits per heavy atom. The molecule has 0 radical (unpaired) electrons. The molecule has 1 amide bonds. The number of rotatable bonds is 8. The Hall–Kier alpha value is -3.52. The number of nitrogens with two attached hydrogens (primary N) is 1. The number of benzene rings is 1. The summed E-state index contributed by atoms with van der Waals surface area (Å²) in [6.45, 7) is 5.64. The second-order valence-corrected chi connectivity index (χ2v) is 8.92. The Labute approximate surface area is 209 Å². The van der Waals surface area contributed by atoms with Crippen molar-refractivity contribution in [3.8, 4) is 17.3 Å². The van der Waals surface area contributed by atoms with Gasteiger partial charge in [0.2, 0.25) is 11.6 Å². The first-order chi connectivity index (χ1) is 16.9. The van der Waals surface area contributed by atoms with Gasteiger partial charge in [-0.3, -0.25) is 9.69 Å². The third-order valence-electron chi connectivity index (χ3n) is 5.70. The van der Waals surface area contributed by atoms with Crippen molar-refractivity contribution in [2.45, 2.75) is 45.7 Å². The smallest absolute Gasteiger partial charge is 0.293 e. The van der Waals surface area contributed by atoms with Crippen LogP contribution < -0.4 is 15.9 Å². The summed E-state index contributed by atoms with van der Waals surface area (Å²) in [7, 11) is 0. The molecule has 35 heavy (non-hydrogen) atoms. The summed E-state index contributed by atoms with van der Waals surface area (Å²) in [6, 6.07) is 3.59. The number of phenols is 1. The van der Waals surface area contributed by atoms with Gasteiger partial charge in [0.1, 0.15) is 0 Å². The number of halogens is 1. The van der Waals surface area contributed by atoms with Gasteiger partial charge in [0.05, 0.1) is 23.0 Å².